The third kappa shape index (κ3) is 14.2. The van der Waals surface area contributed by atoms with Crippen molar-refractivity contribution in [3.63, 3.8) is 0 Å². The van der Waals surface area contributed by atoms with Crippen LogP contribution in [0.15, 0.2) is 0 Å². The summed E-state index contributed by atoms with van der Waals surface area (Å²) in [6.07, 6.45) is 3.65. The van der Waals surface area contributed by atoms with Crippen molar-refractivity contribution in [2.45, 2.75) is 177 Å². The Morgan fingerprint density at radius 3 is 0.622 bits per heavy atom. The summed E-state index contributed by atoms with van der Waals surface area (Å²) in [5.74, 6) is 0. The Balaban J connectivity index is 5.12. The van der Waals surface area contributed by atoms with Crippen molar-refractivity contribution in [1.82, 2.24) is 19.6 Å². The highest BCUT2D eigenvalue weighted by atomic mass is 15.3. The van der Waals surface area contributed by atoms with E-state index in [1.807, 2.05) is 0 Å². The third-order valence-corrected chi connectivity index (χ3v) is 7.61. The van der Waals surface area contributed by atoms with E-state index in [0.29, 0.717) is 0 Å². The molecular weight excluding hydrogens is 452 g/mol. The Labute approximate surface area is 235 Å². The molecule has 0 saturated heterocycles. The van der Waals surface area contributed by atoms with E-state index in [0.717, 1.165) is 39.3 Å². The summed E-state index contributed by atoms with van der Waals surface area (Å²) in [7, 11) is 0. The number of rotatable bonds is 12. The maximum Gasteiger partial charge on any atom is 0.0130 e. The van der Waals surface area contributed by atoms with E-state index in [2.05, 4.69) is 144 Å². The fraction of sp³-hybridized carbons (Fsp3) is 1.00. The lowest BCUT2D eigenvalue weighted by Gasteiger charge is -2.46. The van der Waals surface area contributed by atoms with Crippen molar-refractivity contribution in [3.8, 4) is 0 Å². The fourth-order valence-corrected chi connectivity index (χ4v) is 6.21. The minimum atomic E-state index is 0.188. The van der Waals surface area contributed by atoms with Gasteiger partial charge in [0.15, 0.2) is 0 Å². The molecule has 0 saturated carbocycles. The van der Waals surface area contributed by atoms with Crippen LogP contribution in [0, 0.1) is 0 Å². The van der Waals surface area contributed by atoms with Crippen molar-refractivity contribution < 1.29 is 0 Å². The zero-order valence-corrected chi connectivity index (χ0v) is 29.2. The Hall–Kier alpha value is -0.160. The van der Waals surface area contributed by atoms with E-state index in [-0.39, 0.29) is 33.2 Å². The molecule has 0 aliphatic rings. The van der Waals surface area contributed by atoms with Crippen LogP contribution in [0.5, 0.6) is 0 Å². The maximum atomic E-state index is 2.72. The summed E-state index contributed by atoms with van der Waals surface area (Å²) < 4.78 is 0. The molecule has 0 aromatic carbocycles. The van der Waals surface area contributed by atoms with Crippen molar-refractivity contribution >= 4 is 0 Å². The molecule has 224 valence electrons. The van der Waals surface area contributed by atoms with Crippen LogP contribution < -0.4 is 0 Å². The standard InChI is InChI=1S/C33H72N4/c1-28(2,3)34(24-20-26-36(30(7,8)9)31(10,11)12)22-19-23-35(29(4,5)6)25-21-27-37(32(13,14)15)33(16,17)18/h19-27H2,1-18H3. The summed E-state index contributed by atoms with van der Waals surface area (Å²) in [5.41, 5.74) is 1.14. The lowest BCUT2D eigenvalue weighted by molar-refractivity contribution is 0.0273. The molecule has 0 heterocycles. The quantitative estimate of drug-likeness (QED) is 0.255. The molecule has 4 heteroatoms. The highest BCUT2D eigenvalue weighted by Crippen LogP contribution is 2.27. The summed E-state index contributed by atoms with van der Waals surface area (Å²) in [6, 6.07) is 0. The SMILES string of the molecule is CC(C)(C)N(CCCN(CCCN(C(C)(C)C)C(C)(C)C)C(C)(C)C)CCCN(C(C)(C)C)C(C)(C)C. The van der Waals surface area contributed by atoms with E-state index < -0.39 is 0 Å². The summed E-state index contributed by atoms with van der Waals surface area (Å²) in [5, 5.41) is 0. The first-order chi connectivity index (χ1) is 16.2. The predicted molar refractivity (Wildman–Crippen MR) is 169 cm³/mol. The molecule has 0 N–H and O–H groups in total. The fourth-order valence-electron chi connectivity index (χ4n) is 6.21. The third-order valence-electron chi connectivity index (χ3n) is 7.61. The van der Waals surface area contributed by atoms with Gasteiger partial charge in [-0.3, -0.25) is 19.6 Å². The second-order valence-corrected chi connectivity index (χ2v) is 17.4. The van der Waals surface area contributed by atoms with E-state index in [1.165, 1.54) is 19.3 Å². The molecule has 0 unspecified atom stereocenters. The Morgan fingerprint density at radius 2 is 0.459 bits per heavy atom. The van der Waals surface area contributed by atoms with E-state index in [1.54, 1.807) is 0 Å². The van der Waals surface area contributed by atoms with Crippen molar-refractivity contribution in [2.75, 3.05) is 39.3 Å². The lowest BCUT2D eigenvalue weighted by Crippen LogP contribution is -2.54. The monoisotopic (exact) mass is 525 g/mol. The molecule has 0 radical (unpaired) electrons. The van der Waals surface area contributed by atoms with Crippen LogP contribution in [0.2, 0.25) is 0 Å². The van der Waals surface area contributed by atoms with Crippen LogP contribution in [0.1, 0.15) is 144 Å². The van der Waals surface area contributed by atoms with E-state index in [9.17, 15) is 0 Å². The Bertz CT molecular complexity index is 542. The first-order valence-electron chi connectivity index (χ1n) is 15.2. The van der Waals surface area contributed by atoms with Crippen LogP contribution >= 0.6 is 0 Å². The van der Waals surface area contributed by atoms with Gasteiger partial charge < -0.3 is 0 Å². The first-order valence-corrected chi connectivity index (χ1v) is 15.2. The zero-order valence-electron chi connectivity index (χ0n) is 29.2. The van der Waals surface area contributed by atoms with Gasteiger partial charge in [0.2, 0.25) is 0 Å². The average Bonchev–Trinajstić information content (AvgIpc) is 2.58. The van der Waals surface area contributed by atoms with Gasteiger partial charge in [-0.1, -0.05) is 0 Å². The van der Waals surface area contributed by atoms with Crippen LogP contribution in [0.25, 0.3) is 0 Å². The predicted octanol–water partition coefficient (Wildman–Crippen LogP) is 8.16. The molecule has 0 rings (SSSR count). The van der Waals surface area contributed by atoms with Gasteiger partial charge in [0.1, 0.15) is 0 Å². The molecule has 0 amide bonds. The Morgan fingerprint density at radius 1 is 0.270 bits per heavy atom. The maximum absolute atomic E-state index is 2.72. The van der Waals surface area contributed by atoms with Crippen LogP contribution in [-0.2, 0) is 0 Å². The van der Waals surface area contributed by atoms with Crippen molar-refractivity contribution in [3.05, 3.63) is 0 Å². The smallest absolute Gasteiger partial charge is 0.0130 e. The molecular formula is C33H72N4. The molecule has 0 aliphatic carbocycles. The molecule has 0 fully saturated rings. The summed E-state index contributed by atoms with van der Waals surface area (Å²) in [6.45, 7) is 49.4. The molecule has 0 spiro atoms. The van der Waals surface area contributed by atoms with E-state index in [4.69, 9.17) is 0 Å². The highest BCUT2D eigenvalue weighted by molar-refractivity contribution is 4.89. The molecule has 4 nitrogen and oxygen atoms in total. The summed E-state index contributed by atoms with van der Waals surface area (Å²) in [4.78, 5) is 10.8. The van der Waals surface area contributed by atoms with Gasteiger partial charge >= 0.3 is 0 Å². The largest absolute Gasteiger partial charge is 0.298 e. The molecule has 0 atom stereocenters. The van der Waals surface area contributed by atoms with Crippen LogP contribution in [0.4, 0.5) is 0 Å². The van der Waals surface area contributed by atoms with Gasteiger partial charge in [0, 0.05) is 46.3 Å². The molecule has 37 heavy (non-hydrogen) atoms. The first kappa shape index (κ1) is 36.8. The number of hydrogen-bond acceptors (Lipinski definition) is 4. The molecule has 0 aliphatic heterocycles. The molecule has 0 aromatic heterocycles. The Kier molecular flexibility index (Phi) is 13.4. The van der Waals surface area contributed by atoms with Gasteiger partial charge in [0.05, 0.1) is 0 Å². The highest BCUT2D eigenvalue weighted by Gasteiger charge is 2.33. The second kappa shape index (κ2) is 13.5. The van der Waals surface area contributed by atoms with Gasteiger partial charge in [0.25, 0.3) is 0 Å². The van der Waals surface area contributed by atoms with Gasteiger partial charge in [-0.15, -0.1) is 0 Å². The van der Waals surface area contributed by atoms with E-state index >= 15 is 0 Å². The van der Waals surface area contributed by atoms with Crippen LogP contribution in [0.3, 0.4) is 0 Å². The van der Waals surface area contributed by atoms with Gasteiger partial charge in [-0.2, -0.15) is 0 Å². The molecule has 0 bridgehead atoms. The second-order valence-electron chi connectivity index (χ2n) is 17.4. The van der Waals surface area contributed by atoms with Gasteiger partial charge in [-0.05, 0) is 170 Å². The zero-order chi connectivity index (χ0) is 29.7. The minimum absolute atomic E-state index is 0.188. The number of nitrogens with zero attached hydrogens (tertiary/aromatic N) is 4. The van der Waals surface area contributed by atoms with Crippen molar-refractivity contribution in [1.29, 1.82) is 0 Å². The minimum Gasteiger partial charge on any atom is -0.298 e. The summed E-state index contributed by atoms with van der Waals surface area (Å²) >= 11 is 0. The van der Waals surface area contributed by atoms with Crippen molar-refractivity contribution in [2.24, 2.45) is 0 Å². The lowest BCUT2D eigenvalue weighted by atomic mass is 9.95. The molecule has 0 aromatic rings. The number of hydrogen-bond donors (Lipinski definition) is 0. The van der Waals surface area contributed by atoms with Gasteiger partial charge in [-0.25, -0.2) is 0 Å². The average molecular weight is 525 g/mol. The topological polar surface area (TPSA) is 13.0 Å². The van der Waals surface area contributed by atoms with Crippen LogP contribution in [-0.4, -0.2) is 92.1 Å². The normalized spacial score (nSPS) is 15.1.